The van der Waals surface area contributed by atoms with Gasteiger partial charge in [-0.2, -0.15) is 5.26 Å². The topological polar surface area (TPSA) is 114 Å². The van der Waals surface area contributed by atoms with Crippen LogP contribution < -0.4 is 4.74 Å². The third-order valence-electron chi connectivity index (χ3n) is 7.59. The summed E-state index contributed by atoms with van der Waals surface area (Å²) in [5.74, 6) is -1.03. The number of benzene rings is 2. The normalized spacial score (nSPS) is 17.0. The number of carboxylic acids is 1. The molecule has 214 valence electrons. The standard InChI is InChI=1S/C31H27F2N5O4/c32-24-4-6-29(42-18-22-2-1-19(15-34)13-25(22)33)36-30(24)20-7-10-37(11-8-20)17-28-35-26-5-3-21(31(39)40)14-27(26)38(28)16-23-9-12-41-23/h1-7,13-14,23H,8-12,16-18H2,(H,39,40)/t23-/m0/s1. The zero-order chi connectivity index (χ0) is 29.2. The van der Waals surface area contributed by atoms with Crippen LogP contribution in [0.3, 0.4) is 0 Å². The number of imidazole rings is 1. The van der Waals surface area contributed by atoms with Gasteiger partial charge in [-0.1, -0.05) is 12.1 Å². The molecule has 42 heavy (non-hydrogen) atoms. The first-order valence-corrected chi connectivity index (χ1v) is 13.6. The van der Waals surface area contributed by atoms with Crippen LogP contribution in [0, 0.1) is 23.0 Å². The summed E-state index contributed by atoms with van der Waals surface area (Å²) in [6.07, 6.45) is 3.49. The molecular weight excluding hydrogens is 544 g/mol. The molecule has 2 aromatic heterocycles. The first-order chi connectivity index (χ1) is 20.4. The van der Waals surface area contributed by atoms with Crippen molar-refractivity contribution in [2.45, 2.75) is 38.6 Å². The molecule has 9 nitrogen and oxygen atoms in total. The molecule has 1 N–H and O–H groups in total. The molecule has 1 atom stereocenters. The zero-order valence-corrected chi connectivity index (χ0v) is 22.6. The summed E-state index contributed by atoms with van der Waals surface area (Å²) in [4.78, 5) is 22.9. The number of rotatable bonds is 9. The minimum atomic E-state index is -0.989. The van der Waals surface area contributed by atoms with Gasteiger partial charge < -0.3 is 19.1 Å². The van der Waals surface area contributed by atoms with E-state index in [0.29, 0.717) is 32.6 Å². The molecule has 0 unspecified atom stereocenters. The first-order valence-electron chi connectivity index (χ1n) is 13.6. The number of carbonyl (C=O) groups is 1. The van der Waals surface area contributed by atoms with Gasteiger partial charge in [0.15, 0.2) is 0 Å². The molecule has 0 amide bonds. The molecular formula is C31H27F2N5O4. The molecule has 1 saturated heterocycles. The highest BCUT2D eigenvalue weighted by molar-refractivity contribution is 5.92. The van der Waals surface area contributed by atoms with Gasteiger partial charge in [0.05, 0.1) is 47.4 Å². The Morgan fingerprint density at radius 3 is 2.69 bits per heavy atom. The second kappa shape index (κ2) is 11.7. The fraction of sp³-hybridized carbons (Fsp3) is 0.290. The van der Waals surface area contributed by atoms with Gasteiger partial charge in [-0.25, -0.2) is 23.5 Å². The Morgan fingerprint density at radius 1 is 1.14 bits per heavy atom. The third-order valence-corrected chi connectivity index (χ3v) is 7.59. The van der Waals surface area contributed by atoms with Crippen LogP contribution in [-0.2, 0) is 24.4 Å². The fourth-order valence-electron chi connectivity index (χ4n) is 5.15. The fourth-order valence-corrected chi connectivity index (χ4v) is 5.15. The number of aromatic nitrogens is 3. The quantitative estimate of drug-likeness (QED) is 0.301. The maximum Gasteiger partial charge on any atom is 0.335 e. The van der Waals surface area contributed by atoms with E-state index in [2.05, 4.69) is 9.88 Å². The largest absolute Gasteiger partial charge is 0.478 e. The van der Waals surface area contributed by atoms with Gasteiger partial charge in [-0.15, -0.1) is 0 Å². The highest BCUT2D eigenvalue weighted by atomic mass is 19.1. The zero-order valence-electron chi connectivity index (χ0n) is 22.6. The molecule has 4 heterocycles. The van der Waals surface area contributed by atoms with Gasteiger partial charge in [-0.05, 0) is 54.8 Å². The second-order valence-electron chi connectivity index (χ2n) is 10.3. The lowest BCUT2D eigenvalue weighted by Gasteiger charge is -2.29. The highest BCUT2D eigenvalue weighted by Crippen LogP contribution is 2.28. The van der Waals surface area contributed by atoms with E-state index in [-0.39, 0.29) is 41.0 Å². The van der Waals surface area contributed by atoms with Crippen LogP contribution in [0.15, 0.2) is 54.6 Å². The van der Waals surface area contributed by atoms with E-state index in [4.69, 9.17) is 19.7 Å². The Hall–Kier alpha value is -4.66. The van der Waals surface area contributed by atoms with Crippen LogP contribution in [0.25, 0.3) is 16.6 Å². The Labute approximate surface area is 240 Å². The highest BCUT2D eigenvalue weighted by Gasteiger charge is 2.24. The predicted octanol–water partition coefficient (Wildman–Crippen LogP) is 4.94. The minimum Gasteiger partial charge on any atom is -0.478 e. The van der Waals surface area contributed by atoms with Gasteiger partial charge in [-0.3, -0.25) is 4.90 Å². The van der Waals surface area contributed by atoms with Gasteiger partial charge in [0.25, 0.3) is 0 Å². The van der Waals surface area contributed by atoms with Crippen LogP contribution >= 0.6 is 0 Å². The number of fused-ring (bicyclic) bond motifs is 1. The molecule has 0 aliphatic carbocycles. The average molecular weight is 572 g/mol. The van der Waals surface area contributed by atoms with Gasteiger partial charge in [0.2, 0.25) is 5.88 Å². The number of hydrogen-bond donors (Lipinski definition) is 1. The van der Waals surface area contributed by atoms with Gasteiger partial charge >= 0.3 is 5.97 Å². The summed E-state index contributed by atoms with van der Waals surface area (Å²) in [6, 6.07) is 13.7. The van der Waals surface area contributed by atoms with Crippen molar-refractivity contribution in [3.05, 3.63) is 94.5 Å². The Balaban J connectivity index is 1.16. The average Bonchev–Trinajstić information content (AvgIpc) is 3.31. The molecule has 2 aliphatic rings. The number of aromatic carboxylic acids is 1. The van der Waals surface area contributed by atoms with E-state index in [1.54, 1.807) is 18.2 Å². The number of pyridine rings is 1. The van der Waals surface area contributed by atoms with Gasteiger partial charge in [0.1, 0.15) is 29.8 Å². The van der Waals surface area contributed by atoms with Crippen LogP contribution in [0.4, 0.5) is 8.78 Å². The summed E-state index contributed by atoms with van der Waals surface area (Å²) in [7, 11) is 0. The van der Waals surface area contributed by atoms with Crippen molar-refractivity contribution >= 4 is 22.6 Å². The van der Waals surface area contributed by atoms with Crippen LogP contribution in [0.1, 0.15) is 45.8 Å². The van der Waals surface area contributed by atoms with Crippen molar-refractivity contribution in [1.82, 2.24) is 19.4 Å². The molecule has 0 saturated carbocycles. The van der Waals surface area contributed by atoms with Gasteiger partial charge in [0, 0.05) is 31.3 Å². The summed E-state index contributed by atoms with van der Waals surface area (Å²) in [6.45, 7) is 2.92. The number of carboxylic acid groups (broad SMARTS) is 1. The van der Waals surface area contributed by atoms with Crippen LogP contribution in [0.5, 0.6) is 5.88 Å². The van der Waals surface area contributed by atoms with E-state index in [9.17, 15) is 18.7 Å². The molecule has 2 aromatic carbocycles. The lowest BCUT2D eigenvalue weighted by Crippen LogP contribution is -2.33. The second-order valence-corrected chi connectivity index (χ2v) is 10.3. The number of hydrogen-bond acceptors (Lipinski definition) is 7. The van der Waals surface area contributed by atoms with Crippen LogP contribution in [-0.4, -0.2) is 56.3 Å². The van der Waals surface area contributed by atoms with Crippen molar-refractivity contribution in [1.29, 1.82) is 5.26 Å². The Kier molecular flexibility index (Phi) is 7.65. The SMILES string of the molecule is N#Cc1ccc(COc2ccc(F)c(C3=CCN(Cc4nc5ccc(C(=O)O)cc5n4C[C@@H]4CCO4)CC3)n2)c(F)c1. The summed E-state index contributed by atoms with van der Waals surface area (Å²) in [5.41, 5.74) is 3.13. The van der Waals surface area contributed by atoms with E-state index < -0.39 is 17.6 Å². The molecule has 0 radical (unpaired) electrons. The molecule has 1 fully saturated rings. The third kappa shape index (κ3) is 5.72. The van der Waals surface area contributed by atoms with E-state index in [1.807, 2.05) is 16.7 Å². The monoisotopic (exact) mass is 571 g/mol. The smallest absolute Gasteiger partial charge is 0.335 e. The number of nitrogens with zero attached hydrogens (tertiary/aromatic N) is 5. The van der Waals surface area contributed by atoms with Crippen molar-refractivity contribution in [2.75, 3.05) is 19.7 Å². The molecule has 4 aromatic rings. The molecule has 0 bridgehead atoms. The van der Waals surface area contributed by atoms with E-state index >= 15 is 0 Å². The number of nitriles is 1. The maximum atomic E-state index is 14.8. The van der Waals surface area contributed by atoms with Crippen molar-refractivity contribution in [2.24, 2.45) is 0 Å². The van der Waals surface area contributed by atoms with Crippen molar-refractivity contribution < 1.29 is 28.2 Å². The number of halogens is 2. The summed E-state index contributed by atoms with van der Waals surface area (Å²) in [5, 5.41) is 18.4. The minimum absolute atomic E-state index is 0.0689. The Morgan fingerprint density at radius 2 is 2.00 bits per heavy atom. The molecule has 0 spiro atoms. The maximum absolute atomic E-state index is 14.8. The van der Waals surface area contributed by atoms with Crippen LogP contribution in [0.2, 0.25) is 0 Å². The predicted molar refractivity (Wildman–Crippen MR) is 149 cm³/mol. The first kappa shape index (κ1) is 27.5. The number of ether oxygens (including phenoxy) is 2. The van der Waals surface area contributed by atoms with Crippen molar-refractivity contribution in [3.8, 4) is 11.9 Å². The van der Waals surface area contributed by atoms with Crippen molar-refractivity contribution in [3.63, 3.8) is 0 Å². The summed E-state index contributed by atoms with van der Waals surface area (Å²) < 4.78 is 42.4. The molecule has 11 heteroatoms. The molecule has 2 aliphatic heterocycles. The lowest BCUT2D eigenvalue weighted by molar-refractivity contribution is -0.0591. The molecule has 6 rings (SSSR count). The lowest BCUT2D eigenvalue weighted by atomic mass is 10.0. The Bertz CT molecular complexity index is 1740. The van der Waals surface area contributed by atoms with E-state index in [0.717, 1.165) is 41.5 Å². The van der Waals surface area contributed by atoms with E-state index in [1.165, 1.54) is 24.3 Å². The summed E-state index contributed by atoms with van der Waals surface area (Å²) >= 11 is 0.